The van der Waals surface area contributed by atoms with Crippen LogP contribution in [0, 0.1) is 20.8 Å². The predicted molar refractivity (Wildman–Crippen MR) is 84.0 cm³/mol. The van der Waals surface area contributed by atoms with Crippen LogP contribution in [-0.2, 0) is 6.42 Å². The normalized spacial score (nSPS) is 17.6. The first-order valence-corrected chi connectivity index (χ1v) is 7.33. The van der Waals surface area contributed by atoms with E-state index in [4.69, 9.17) is 0 Å². The highest BCUT2D eigenvalue weighted by molar-refractivity contribution is 5.52. The molecule has 0 bridgehead atoms. The van der Waals surface area contributed by atoms with Gasteiger partial charge in [-0.2, -0.15) is 0 Å². The van der Waals surface area contributed by atoms with Gasteiger partial charge in [-0.05, 0) is 67.1 Å². The summed E-state index contributed by atoms with van der Waals surface area (Å²) < 4.78 is 0. The van der Waals surface area contributed by atoms with Crippen LogP contribution in [-0.4, -0.2) is 16.8 Å². The first-order chi connectivity index (χ1) is 9.97. The van der Waals surface area contributed by atoms with E-state index >= 15 is 0 Å². The molecule has 2 aromatic carbocycles. The van der Waals surface area contributed by atoms with Crippen LogP contribution < -0.4 is 5.32 Å². The van der Waals surface area contributed by atoms with Crippen molar-refractivity contribution in [1.29, 1.82) is 0 Å². The summed E-state index contributed by atoms with van der Waals surface area (Å²) in [7, 11) is 0. The van der Waals surface area contributed by atoms with E-state index in [2.05, 4.69) is 38.2 Å². The molecule has 3 nitrogen and oxygen atoms in total. The molecule has 3 N–H and O–H groups in total. The van der Waals surface area contributed by atoms with Crippen LogP contribution in [0.4, 0.5) is 0 Å². The van der Waals surface area contributed by atoms with Gasteiger partial charge in [-0.3, -0.25) is 0 Å². The van der Waals surface area contributed by atoms with Crippen molar-refractivity contribution in [2.24, 2.45) is 0 Å². The molecule has 1 aliphatic heterocycles. The van der Waals surface area contributed by atoms with Crippen molar-refractivity contribution in [3.05, 3.63) is 57.6 Å². The Bertz CT molecular complexity index is 684. The first-order valence-electron chi connectivity index (χ1n) is 7.33. The third-order valence-corrected chi connectivity index (χ3v) is 4.32. The number of rotatable bonds is 1. The van der Waals surface area contributed by atoms with Crippen molar-refractivity contribution >= 4 is 0 Å². The fourth-order valence-corrected chi connectivity index (χ4v) is 3.49. The molecule has 3 heteroatoms. The molecule has 0 fully saturated rings. The zero-order valence-electron chi connectivity index (χ0n) is 12.7. The second-order valence-electron chi connectivity index (χ2n) is 5.99. The quantitative estimate of drug-likeness (QED) is 0.704. The minimum atomic E-state index is -0.0510. The van der Waals surface area contributed by atoms with Gasteiger partial charge in [0.05, 0.1) is 6.04 Å². The predicted octanol–water partition coefficient (Wildman–Crippen LogP) is 3.26. The van der Waals surface area contributed by atoms with Gasteiger partial charge in [0.15, 0.2) is 11.5 Å². The van der Waals surface area contributed by atoms with Gasteiger partial charge in [0.1, 0.15) is 0 Å². The van der Waals surface area contributed by atoms with Gasteiger partial charge < -0.3 is 15.5 Å². The summed E-state index contributed by atoms with van der Waals surface area (Å²) in [5.41, 5.74) is 7.21. The van der Waals surface area contributed by atoms with Crippen molar-refractivity contribution < 1.29 is 10.2 Å². The van der Waals surface area contributed by atoms with Crippen LogP contribution in [0.3, 0.4) is 0 Å². The van der Waals surface area contributed by atoms with Crippen LogP contribution in [0.5, 0.6) is 11.5 Å². The van der Waals surface area contributed by atoms with E-state index in [0.29, 0.717) is 0 Å². The van der Waals surface area contributed by atoms with Gasteiger partial charge in [-0.1, -0.05) is 17.7 Å². The molecule has 1 heterocycles. The molecule has 0 aliphatic carbocycles. The molecule has 0 saturated heterocycles. The molecule has 0 aromatic heterocycles. The Morgan fingerprint density at radius 3 is 2.24 bits per heavy atom. The molecule has 2 aromatic rings. The largest absolute Gasteiger partial charge is 0.504 e. The number of aryl methyl sites for hydroxylation is 3. The van der Waals surface area contributed by atoms with Gasteiger partial charge in [-0.15, -0.1) is 0 Å². The number of aromatic hydroxyl groups is 2. The van der Waals surface area contributed by atoms with E-state index < -0.39 is 0 Å². The fourth-order valence-electron chi connectivity index (χ4n) is 3.49. The van der Waals surface area contributed by atoms with Crippen molar-refractivity contribution in [2.75, 3.05) is 6.54 Å². The maximum Gasteiger partial charge on any atom is 0.157 e. The van der Waals surface area contributed by atoms with Gasteiger partial charge in [-0.25, -0.2) is 0 Å². The summed E-state index contributed by atoms with van der Waals surface area (Å²) in [5.74, 6) is -0.0865. The fraction of sp³-hybridized carbons (Fsp3) is 0.333. The Hall–Kier alpha value is -2.00. The Balaban J connectivity index is 2.17. The van der Waals surface area contributed by atoms with Crippen LogP contribution in [0.25, 0.3) is 0 Å². The zero-order chi connectivity index (χ0) is 15.1. The Morgan fingerprint density at radius 2 is 1.57 bits per heavy atom. The lowest BCUT2D eigenvalue weighted by Gasteiger charge is -2.30. The van der Waals surface area contributed by atoms with E-state index in [1.807, 2.05) is 0 Å². The lowest BCUT2D eigenvalue weighted by atomic mass is 9.85. The summed E-state index contributed by atoms with van der Waals surface area (Å²) in [6.07, 6.45) is 0.865. The summed E-state index contributed by atoms with van der Waals surface area (Å²) in [5, 5.41) is 23.1. The van der Waals surface area contributed by atoms with Crippen LogP contribution >= 0.6 is 0 Å². The van der Waals surface area contributed by atoms with Crippen LogP contribution in [0.2, 0.25) is 0 Å². The minimum absolute atomic E-state index is 0.0354. The zero-order valence-corrected chi connectivity index (χ0v) is 12.7. The SMILES string of the molecule is Cc1cc(C)c(C2NCCc3cc(O)c(O)cc32)c(C)c1. The molecule has 0 amide bonds. The highest BCUT2D eigenvalue weighted by Gasteiger charge is 2.25. The maximum atomic E-state index is 9.84. The summed E-state index contributed by atoms with van der Waals surface area (Å²) in [4.78, 5) is 0. The van der Waals surface area contributed by atoms with Crippen LogP contribution in [0.1, 0.15) is 39.4 Å². The Kier molecular flexibility index (Phi) is 3.38. The van der Waals surface area contributed by atoms with E-state index in [1.54, 1.807) is 12.1 Å². The molecule has 1 aliphatic rings. The monoisotopic (exact) mass is 283 g/mol. The Morgan fingerprint density at radius 1 is 0.952 bits per heavy atom. The highest BCUT2D eigenvalue weighted by Crippen LogP contribution is 2.38. The van der Waals surface area contributed by atoms with Gasteiger partial charge in [0.25, 0.3) is 0 Å². The number of fused-ring (bicyclic) bond motifs is 1. The molecular weight excluding hydrogens is 262 g/mol. The number of benzene rings is 2. The smallest absolute Gasteiger partial charge is 0.157 e. The molecule has 1 unspecified atom stereocenters. The van der Waals surface area contributed by atoms with E-state index in [0.717, 1.165) is 24.1 Å². The number of phenols is 2. The van der Waals surface area contributed by atoms with Gasteiger partial charge >= 0.3 is 0 Å². The molecule has 1 atom stereocenters. The van der Waals surface area contributed by atoms with Gasteiger partial charge in [0, 0.05) is 6.54 Å². The highest BCUT2D eigenvalue weighted by atomic mass is 16.3. The minimum Gasteiger partial charge on any atom is -0.504 e. The Labute approximate surface area is 125 Å². The lowest BCUT2D eigenvalue weighted by molar-refractivity contribution is 0.400. The molecule has 0 spiro atoms. The number of hydrogen-bond donors (Lipinski definition) is 3. The number of nitrogens with one attached hydrogen (secondary N) is 1. The topological polar surface area (TPSA) is 52.5 Å². The summed E-state index contributed by atoms with van der Waals surface area (Å²) in [6, 6.07) is 7.84. The van der Waals surface area contributed by atoms with E-state index in [9.17, 15) is 10.2 Å². The maximum absolute atomic E-state index is 9.84. The van der Waals surface area contributed by atoms with Gasteiger partial charge in [0.2, 0.25) is 0 Å². The molecule has 110 valence electrons. The number of phenolic OH excluding ortho intramolecular Hbond substituents is 2. The van der Waals surface area contributed by atoms with Crippen molar-refractivity contribution in [2.45, 2.75) is 33.2 Å². The standard InChI is InChI=1S/C18H21NO2/c1-10-6-11(2)17(12(3)7-10)18-14-9-16(21)15(20)8-13(14)4-5-19-18/h6-9,18-21H,4-5H2,1-3H3. The molecule has 3 rings (SSSR count). The second-order valence-corrected chi connectivity index (χ2v) is 5.99. The average Bonchev–Trinajstić information content (AvgIpc) is 2.39. The van der Waals surface area contributed by atoms with E-state index in [1.165, 1.54) is 22.3 Å². The van der Waals surface area contributed by atoms with E-state index in [-0.39, 0.29) is 17.5 Å². The average molecular weight is 283 g/mol. The molecule has 0 radical (unpaired) electrons. The molecular formula is C18H21NO2. The van der Waals surface area contributed by atoms with Crippen molar-refractivity contribution in [1.82, 2.24) is 5.32 Å². The second kappa shape index (κ2) is 5.08. The lowest BCUT2D eigenvalue weighted by Crippen LogP contribution is -2.31. The van der Waals surface area contributed by atoms with Crippen molar-refractivity contribution in [3.63, 3.8) is 0 Å². The molecule has 0 saturated carbocycles. The number of hydrogen-bond acceptors (Lipinski definition) is 3. The summed E-state index contributed by atoms with van der Waals surface area (Å²) >= 11 is 0. The first kappa shape index (κ1) is 14.0. The van der Waals surface area contributed by atoms with Crippen molar-refractivity contribution in [3.8, 4) is 11.5 Å². The van der Waals surface area contributed by atoms with Crippen LogP contribution in [0.15, 0.2) is 24.3 Å². The summed E-state index contributed by atoms with van der Waals surface area (Å²) in [6.45, 7) is 7.24. The third-order valence-electron chi connectivity index (χ3n) is 4.32. The molecule has 21 heavy (non-hydrogen) atoms. The third kappa shape index (κ3) is 2.38.